The van der Waals surface area contributed by atoms with E-state index in [1.54, 1.807) is 37.7 Å². The maximum atomic E-state index is 13.6. The maximum Gasteiger partial charge on any atom is 0.315 e. The van der Waals surface area contributed by atoms with E-state index in [1.165, 1.54) is 19.1 Å². The number of rotatable bonds is 19. The Kier molecular flexibility index (Phi) is 14.6. The Morgan fingerprint density at radius 2 is 1.61 bits per heavy atom. The van der Waals surface area contributed by atoms with Crippen LogP contribution in [-0.4, -0.2) is 106 Å². The minimum absolute atomic E-state index is 0.0199. The minimum atomic E-state index is -1.62. The highest BCUT2D eigenvalue weighted by Gasteiger charge is 2.42. The summed E-state index contributed by atoms with van der Waals surface area (Å²) in [5.41, 5.74) is 0.632. The molecule has 7 atom stereocenters. The summed E-state index contributed by atoms with van der Waals surface area (Å²) < 4.78 is 12.9. The van der Waals surface area contributed by atoms with E-state index in [0.717, 1.165) is 18.6 Å². The van der Waals surface area contributed by atoms with Gasteiger partial charge in [-0.05, 0) is 43.4 Å². The monoisotopic (exact) mass is 708 g/mol. The summed E-state index contributed by atoms with van der Waals surface area (Å²) >= 11 is 1.78. The quantitative estimate of drug-likeness (QED) is 0.0723. The molecule has 0 unspecified atom stereocenters. The highest BCUT2D eigenvalue weighted by atomic mass is 32.2. The molecular formula is C32H45FN6O9S. The lowest BCUT2D eigenvalue weighted by Crippen LogP contribution is -2.58. The van der Waals surface area contributed by atoms with Gasteiger partial charge in [0.25, 0.3) is 0 Å². The molecule has 0 saturated carbocycles. The number of alkyl halides is 1. The summed E-state index contributed by atoms with van der Waals surface area (Å²) in [7, 11) is 0. The van der Waals surface area contributed by atoms with E-state index in [-0.39, 0.29) is 47.9 Å². The number of Topliss-reactive ketones (excluding diaryl/α,β-unsaturated/α-hetero) is 1. The number of aliphatic carboxylic acids is 1. The Labute approximate surface area is 287 Å². The Morgan fingerprint density at radius 1 is 0.918 bits per heavy atom. The summed E-state index contributed by atoms with van der Waals surface area (Å²) in [6.07, 6.45) is 1.45. The van der Waals surface area contributed by atoms with E-state index in [9.17, 15) is 43.1 Å². The zero-order valence-electron chi connectivity index (χ0n) is 27.6. The largest absolute Gasteiger partial charge is 0.508 e. The van der Waals surface area contributed by atoms with Crippen molar-refractivity contribution in [3.8, 4) is 5.75 Å². The predicted molar refractivity (Wildman–Crippen MR) is 177 cm³/mol. The van der Waals surface area contributed by atoms with Gasteiger partial charge in [-0.1, -0.05) is 32.4 Å². The zero-order valence-corrected chi connectivity index (χ0v) is 28.4. The van der Waals surface area contributed by atoms with E-state index in [2.05, 4.69) is 31.9 Å². The normalized spacial score (nSPS) is 20.5. The summed E-state index contributed by atoms with van der Waals surface area (Å²) in [4.78, 5) is 86.9. The van der Waals surface area contributed by atoms with Gasteiger partial charge >= 0.3 is 12.0 Å². The fourth-order valence-corrected chi connectivity index (χ4v) is 7.13. The number of nitrogens with one attached hydrogen (secondary N) is 6. The number of amides is 6. The van der Waals surface area contributed by atoms with Crippen molar-refractivity contribution in [2.75, 3.05) is 12.4 Å². The molecule has 0 spiro atoms. The van der Waals surface area contributed by atoms with E-state index in [1.807, 2.05) is 0 Å². The molecule has 270 valence electrons. The van der Waals surface area contributed by atoms with Crippen molar-refractivity contribution in [2.45, 2.75) is 101 Å². The second kappa shape index (κ2) is 18.4. The lowest BCUT2D eigenvalue weighted by atomic mass is 10.00. The van der Waals surface area contributed by atoms with Gasteiger partial charge in [0.05, 0.1) is 18.5 Å². The first kappa shape index (κ1) is 39.0. The standard InChI is InChI=1S/C32H45FN6O9S/c1-16(2)27(31(47)34-17(3)29(45)36-20(13-26(43)44)23(41)14-33)38-30(46)21(12-18-8-10-19(40)11-9-18)35-25(42)7-5-4-6-24-28-22(15-49-24)37-32(48)39-28/h8-11,16-17,20-22,24,27-28,40H,4-7,12-15H2,1-3H3,(H,34,47)(H,35,42)(H,36,45)(H,38,46)(H,43,44)(H2,37,39,48)/t17-,20-,21-,22-,24-,27-,28-/m0/s1. The molecule has 1 aromatic carbocycles. The topological polar surface area (TPSA) is 232 Å². The van der Waals surface area contributed by atoms with Crippen molar-refractivity contribution >= 4 is 53.2 Å². The van der Waals surface area contributed by atoms with Crippen LogP contribution in [0.2, 0.25) is 0 Å². The Hall–Kier alpha value is -4.41. The molecule has 2 heterocycles. The van der Waals surface area contributed by atoms with Gasteiger partial charge in [-0.15, -0.1) is 0 Å². The molecule has 1 aromatic rings. The summed E-state index contributed by atoms with van der Waals surface area (Å²) in [6, 6.07) is 0.929. The van der Waals surface area contributed by atoms with Crippen LogP contribution < -0.4 is 31.9 Å². The number of carbonyl (C=O) groups excluding carboxylic acids is 6. The zero-order chi connectivity index (χ0) is 36.2. The molecule has 0 aliphatic carbocycles. The molecule has 3 rings (SSSR count). The number of phenols is 1. The molecule has 0 aromatic heterocycles. The van der Waals surface area contributed by atoms with Gasteiger partial charge in [0, 0.05) is 23.8 Å². The fourth-order valence-electron chi connectivity index (χ4n) is 5.58. The number of phenolic OH excluding ortho intramolecular Hbond substituents is 1. The number of carbonyl (C=O) groups is 7. The number of aromatic hydroxyl groups is 1. The molecule has 49 heavy (non-hydrogen) atoms. The minimum Gasteiger partial charge on any atom is -0.508 e. The number of fused-ring (bicyclic) bond motifs is 1. The molecule has 17 heteroatoms. The van der Waals surface area contributed by atoms with E-state index in [0.29, 0.717) is 12.0 Å². The summed E-state index contributed by atoms with van der Waals surface area (Å²) in [5, 5.41) is 34.7. The molecule has 0 bridgehead atoms. The Morgan fingerprint density at radius 3 is 2.24 bits per heavy atom. The summed E-state index contributed by atoms with van der Waals surface area (Å²) in [5.74, 6) is -4.92. The number of ketones is 1. The fraction of sp³-hybridized carbons (Fsp3) is 0.594. The third kappa shape index (κ3) is 11.9. The molecular weight excluding hydrogens is 663 g/mol. The van der Waals surface area contributed by atoms with Crippen LogP contribution in [0.4, 0.5) is 9.18 Å². The summed E-state index contributed by atoms with van der Waals surface area (Å²) in [6.45, 7) is 3.11. The highest BCUT2D eigenvalue weighted by molar-refractivity contribution is 8.00. The Balaban J connectivity index is 1.60. The SMILES string of the molecule is CC(C)[C@H](NC(=O)[C@H](Cc1ccc(O)cc1)NC(=O)CCCC[C@@H]1SC[C@@H]2NC(=O)N[C@@H]21)C(=O)N[C@@H](C)C(=O)N[C@@H](CC(=O)O)C(=O)CF. The van der Waals surface area contributed by atoms with Crippen molar-refractivity contribution < 1.29 is 48.2 Å². The van der Waals surface area contributed by atoms with E-state index < -0.39 is 72.7 Å². The number of urea groups is 1. The Bertz CT molecular complexity index is 1380. The van der Waals surface area contributed by atoms with Crippen LogP contribution >= 0.6 is 11.8 Å². The number of unbranched alkanes of at least 4 members (excludes halogenated alkanes) is 1. The van der Waals surface area contributed by atoms with Crippen molar-refractivity contribution in [1.82, 2.24) is 31.9 Å². The molecule has 2 fully saturated rings. The van der Waals surface area contributed by atoms with Gasteiger partial charge in [0.1, 0.15) is 36.6 Å². The first-order valence-electron chi connectivity index (χ1n) is 16.2. The van der Waals surface area contributed by atoms with Gasteiger partial charge in [-0.3, -0.25) is 28.8 Å². The first-order chi connectivity index (χ1) is 23.2. The first-order valence-corrected chi connectivity index (χ1v) is 17.2. The molecule has 6 amide bonds. The number of hydrogen-bond donors (Lipinski definition) is 8. The highest BCUT2D eigenvalue weighted by Crippen LogP contribution is 2.33. The van der Waals surface area contributed by atoms with Gasteiger partial charge in [0.2, 0.25) is 23.6 Å². The van der Waals surface area contributed by atoms with Crippen LogP contribution in [-0.2, 0) is 35.2 Å². The van der Waals surface area contributed by atoms with Gasteiger partial charge in [-0.25, -0.2) is 9.18 Å². The lowest BCUT2D eigenvalue weighted by Gasteiger charge is -2.27. The van der Waals surface area contributed by atoms with Gasteiger partial charge in [0.15, 0.2) is 5.78 Å². The molecule has 0 radical (unpaired) electrons. The van der Waals surface area contributed by atoms with Crippen LogP contribution in [0, 0.1) is 5.92 Å². The van der Waals surface area contributed by atoms with Crippen molar-refractivity contribution in [3.63, 3.8) is 0 Å². The molecule has 2 saturated heterocycles. The third-order valence-electron chi connectivity index (χ3n) is 8.32. The van der Waals surface area contributed by atoms with Crippen LogP contribution in [0.1, 0.15) is 58.4 Å². The van der Waals surface area contributed by atoms with Crippen LogP contribution in [0.5, 0.6) is 5.75 Å². The van der Waals surface area contributed by atoms with Crippen LogP contribution in [0.15, 0.2) is 24.3 Å². The van der Waals surface area contributed by atoms with Crippen molar-refractivity contribution in [3.05, 3.63) is 29.8 Å². The third-order valence-corrected chi connectivity index (χ3v) is 9.83. The average Bonchev–Trinajstić information content (AvgIpc) is 3.60. The second-order valence-corrected chi connectivity index (χ2v) is 13.9. The molecule has 15 nitrogen and oxygen atoms in total. The smallest absolute Gasteiger partial charge is 0.315 e. The number of halogens is 1. The van der Waals surface area contributed by atoms with Crippen molar-refractivity contribution in [1.29, 1.82) is 0 Å². The van der Waals surface area contributed by atoms with Gasteiger partial charge in [-0.2, -0.15) is 11.8 Å². The average molecular weight is 709 g/mol. The number of thioether (sulfide) groups is 1. The van der Waals surface area contributed by atoms with E-state index >= 15 is 0 Å². The number of benzene rings is 1. The van der Waals surface area contributed by atoms with Crippen LogP contribution in [0.3, 0.4) is 0 Å². The van der Waals surface area contributed by atoms with Crippen LogP contribution in [0.25, 0.3) is 0 Å². The number of carboxylic acid groups (broad SMARTS) is 1. The number of hydrogen-bond acceptors (Lipinski definition) is 9. The van der Waals surface area contributed by atoms with Gasteiger partial charge < -0.3 is 42.1 Å². The van der Waals surface area contributed by atoms with E-state index in [4.69, 9.17) is 5.11 Å². The number of carboxylic acids is 1. The second-order valence-electron chi connectivity index (χ2n) is 12.6. The maximum absolute atomic E-state index is 13.6. The molecule has 2 aliphatic rings. The molecule has 8 N–H and O–H groups in total. The predicted octanol–water partition coefficient (Wildman–Crippen LogP) is 0.289. The van der Waals surface area contributed by atoms with Crippen molar-refractivity contribution in [2.24, 2.45) is 5.92 Å². The lowest BCUT2D eigenvalue weighted by molar-refractivity contribution is -0.140. The molecule has 2 aliphatic heterocycles.